The van der Waals surface area contributed by atoms with Gasteiger partial charge in [-0.15, -0.1) is 0 Å². The van der Waals surface area contributed by atoms with Crippen LogP contribution in [0.4, 0.5) is 5.95 Å². The average Bonchev–Trinajstić information content (AvgIpc) is 2.45. The summed E-state index contributed by atoms with van der Waals surface area (Å²) in [5, 5.41) is 0. The molecule has 0 aliphatic carbocycles. The number of benzene rings is 1. The van der Waals surface area contributed by atoms with Gasteiger partial charge in [-0.25, -0.2) is 4.98 Å². The van der Waals surface area contributed by atoms with Crippen molar-refractivity contribution in [2.45, 2.75) is 0 Å². The topological polar surface area (TPSA) is 79.5 Å². The van der Waals surface area contributed by atoms with Gasteiger partial charge in [-0.2, -0.15) is 4.98 Å². The molecule has 0 spiro atoms. The molecular weight excluding hydrogens is 246 g/mol. The Bertz CT molecular complexity index is 565. The molecule has 1 aromatic heterocycles. The lowest BCUT2D eigenvalue weighted by Crippen LogP contribution is -1.99. The molecule has 0 unspecified atom stereocenters. The molecule has 0 saturated heterocycles. The molecule has 2 rings (SSSR count). The summed E-state index contributed by atoms with van der Waals surface area (Å²) in [6.07, 6.45) is 0. The summed E-state index contributed by atoms with van der Waals surface area (Å²) in [4.78, 5) is 8.12. The molecule has 100 valence electrons. The van der Waals surface area contributed by atoms with Gasteiger partial charge in [0.15, 0.2) is 0 Å². The summed E-state index contributed by atoms with van der Waals surface area (Å²) in [5.41, 5.74) is 7.10. The fraction of sp³-hybridized carbons (Fsp3) is 0.231. The Kier molecular flexibility index (Phi) is 3.70. The molecule has 0 amide bonds. The van der Waals surface area contributed by atoms with Gasteiger partial charge in [0.05, 0.1) is 27.0 Å². The number of anilines is 1. The minimum absolute atomic E-state index is 0.149. The largest absolute Gasteiger partial charge is 0.497 e. The summed E-state index contributed by atoms with van der Waals surface area (Å²) in [6, 6.07) is 7.16. The van der Waals surface area contributed by atoms with Crippen molar-refractivity contribution in [3.8, 4) is 28.6 Å². The van der Waals surface area contributed by atoms with E-state index in [0.717, 1.165) is 5.56 Å². The van der Waals surface area contributed by atoms with Gasteiger partial charge in [0.2, 0.25) is 11.8 Å². The van der Waals surface area contributed by atoms with E-state index in [1.807, 2.05) is 12.1 Å². The van der Waals surface area contributed by atoms with Crippen molar-refractivity contribution in [2.24, 2.45) is 0 Å². The molecule has 2 N–H and O–H groups in total. The highest BCUT2D eigenvalue weighted by Gasteiger charge is 2.08. The molecule has 0 atom stereocenters. The van der Waals surface area contributed by atoms with Crippen LogP contribution in [0.3, 0.4) is 0 Å². The van der Waals surface area contributed by atoms with E-state index < -0.39 is 0 Å². The molecule has 0 aliphatic rings. The molecule has 0 fully saturated rings. The van der Waals surface area contributed by atoms with Crippen LogP contribution in [0.5, 0.6) is 17.4 Å². The first-order valence-corrected chi connectivity index (χ1v) is 5.58. The fourth-order valence-electron chi connectivity index (χ4n) is 1.65. The van der Waals surface area contributed by atoms with Gasteiger partial charge in [-0.3, -0.25) is 0 Å². The number of hydrogen-bond acceptors (Lipinski definition) is 6. The Morgan fingerprint density at radius 2 is 1.47 bits per heavy atom. The number of nitrogen functional groups attached to an aromatic ring is 1. The Labute approximate surface area is 111 Å². The van der Waals surface area contributed by atoms with Crippen LogP contribution < -0.4 is 19.9 Å². The van der Waals surface area contributed by atoms with Gasteiger partial charge >= 0.3 is 0 Å². The highest BCUT2D eigenvalue weighted by molar-refractivity contribution is 5.65. The molecule has 0 saturated carbocycles. The molecular formula is C13H15N3O3. The summed E-state index contributed by atoms with van der Waals surface area (Å²) < 4.78 is 15.5. The highest BCUT2D eigenvalue weighted by atomic mass is 16.5. The maximum absolute atomic E-state index is 5.65. The van der Waals surface area contributed by atoms with Gasteiger partial charge in [-0.1, -0.05) is 0 Å². The summed E-state index contributed by atoms with van der Waals surface area (Å²) >= 11 is 0. The Balaban J connectivity index is 2.54. The second-order valence-electron chi connectivity index (χ2n) is 3.76. The van der Waals surface area contributed by atoms with Crippen LogP contribution in [-0.2, 0) is 0 Å². The molecule has 2 aromatic rings. The van der Waals surface area contributed by atoms with Crippen molar-refractivity contribution in [3.05, 3.63) is 24.3 Å². The SMILES string of the molecule is COc1cc(OC)cc(-c2cc(OC)nc(N)n2)c1. The van der Waals surface area contributed by atoms with Crippen molar-refractivity contribution in [3.63, 3.8) is 0 Å². The van der Waals surface area contributed by atoms with E-state index in [4.69, 9.17) is 19.9 Å². The van der Waals surface area contributed by atoms with Crippen LogP contribution in [0.15, 0.2) is 24.3 Å². The van der Waals surface area contributed by atoms with E-state index in [-0.39, 0.29) is 5.95 Å². The lowest BCUT2D eigenvalue weighted by atomic mass is 10.1. The van der Waals surface area contributed by atoms with Crippen LogP contribution in [-0.4, -0.2) is 31.3 Å². The predicted molar refractivity (Wildman–Crippen MR) is 71.5 cm³/mol. The minimum Gasteiger partial charge on any atom is -0.497 e. The van der Waals surface area contributed by atoms with E-state index >= 15 is 0 Å². The third-order valence-corrected chi connectivity index (χ3v) is 2.58. The number of rotatable bonds is 4. The first-order valence-electron chi connectivity index (χ1n) is 5.58. The standard InChI is InChI=1S/C13H15N3O3/c1-17-9-4-8(5-10(6-9)18-2)11-7-12(19-3)16-13(14)15-11/h4-7H,1-3H3,(H2,14,15,16). The van der Waals surface area contributed by atoms with Crippen molar-refractivity contribution in [1.29, 1.82) is 0 Å². The normalized spacial score (nSPS) is 10.1. The van der Waals surface area contributed by atoms with Gasteiger partial charge in [0.1, 0.15) is 11.5 Å². The second kappa shape index (κ2) is 5.43. The molecule has 0 radical (unpaired) electrons. The van der Waals surface area contributed by atoms with E-state index in [1.54, 1.807) is 26.4 Å². The summed E-state index contributed by atoms with van der Waals surface area (Å²) in [5.74, 6) is 1.90. The van der Waals surface area contributed by atoms with Crippen LogP contribution in [0.25, 0.3) is 11.3 Å². The van der Waals surface area contributed by atoms with Gasteiger partial charge in [0, 0.05) is 17.7 Å². The molecule has 1 aromatic carbocycles. The molecule has 6 heteroatoms. The molecule has 0 bridgehead atoms. The number of nitrogens with two attached hydrogens (primary N) is 1. The van der Waals surface area contributed by atoms with Gasteiger partial charge in [0.25, 0.3) is 0 Å². The maximum Gasteiger partial charge on any atom is 0.223 e. The zero-order valence-corrected chi connectivity index (χ0v) is 11.0. The van der Waals surface area contributed by atoms with Crippen molar-refractivity contribution in [2.75, 3.05) is 27.1 Å². The molecule has 1 heterocycles. The third kappa shape index (κ3) is 2.85. The van der Waals surface area contributed by atoms with Crippen LogP contribution in [0.2, 0.25) is 0 Å². The average molecular weight is 261 g/mol. The number of nitrogens with zero attached hydrogens (tertiary/aromatic N) is 2. The zero-order chi connectivity index (χ0) is 13.8. The predicted octanol–water partition coefficient (Wildman–Crippen LogP) is 1.75. The first kappa shape index (κ1) is 12.9. The van der Waals surface area contributed by atoms with Crippen molar-refractivity contribution >= 4 is 5.95 Å². The van der Waals surface area contributed by atoms with E-state index in [9.17, 15) is 0 Å². The second-order valence-corrected chi connectivity index (χ2v) is 3.76. The molecule has 6 nitrogen and oxygen atoms in total. The van der Waals surface area contributed by atoms with Crippen molar-refractivity contribution < 1.29 is 14.2 Å². The van der Waals surface area contributed by atoms with E-state index in [1.165, 1.54) is 7.11 Å². The van der Waals surface area contributed by atoms with Crippen molar-refractivity contribution in [1.82, 2.24) is 9.97 Å². The number of methoxy groups -OCH3 is 3. The third-order valence-electron chi connectivity index (χ3n) is 2.58. The number of hydrogen-bond donors (Lipinski definition) is 1. The van der Waals surface area contributed by atoms with Crippen LogP contribution >= 0.6 is 0 Å². The minimum atomic E-state index is 0.149. The lowest BCUT2D eigenvalue weighted by molar-refractivity contribution is 0.394. The fourth-order valence-corrected chi connectivity index (χ4v) is 1.65. The zero-order valence-electron chi connectivity index (χ0n) is 11.0. The monoisotopic (exact) mass is 261 g/mol. The van der Waals surface area contributed by atoms with Crippen LogP contribution in [0.1, 0.15) is 0 Å². The number of ether oxygens (including phenoxy) is 3. The molecule has 0 aliphatic heterocycles. The molecule has 19 heavy (non-hydrogen) atoms. The lowest BCUT2D eigenvalue weighted by Gasteiger charge is -2.09. The smallest absolute Gasteiger partial charge is 0.223 e. The highest BCUT2D eigenvalue weighted by Crippen LogP contribution is 2.30. The van der Waals surface area contributed by atoms with Gasteiger partial charge < -0.3 is 19.9 Å². The maximum atomic E-state index is 5.65. The Morgan fingerprint density at radius 3 is 2.00 bits per heavy atom. The van der Waals surface area contributed by atoms with Gasteiger partial charge in [-0.05, 0) is 12.1 Å². The van der Waals surface area contributed by atoms with E-state index in [2.05, 4.69) is 9.97 Å². The summed E-state index contributed by atoms with van der Waals surface area (Å²) in [7, 11) is 4.71. The number of aromatic nitrogens is 2. The first-order chi connectivity index (χ1) is 9.16. The Morgan fingerprint density at radius 1 is 0.842 bits per heavy atom. The van der Waals surface area contributed by atoms with Crippen LogP contribution in [0, 0.1) is 0 Å². The summed E-state index contributed by atoms with van der Waals surface area (Å²) in [6.45, 7) is 0. The quantitative estimate of drug-likeness (QED) is 0.903. The van der Waals surface area contributed by atoms with E-state index in [0.29, 0.717) is 23.1 Å². The Hall–Kier alpha value is -2.50.